The van der Waals surface area contributed by atoms with Gasteiger partial charge in [0.05, 0.1) is 30.4 Å². The fourth-order valence-electron chi connectivity index (χ4n) is 3.98. The SMILES string of the molecule is OCc1cc2cc([C@H](O)C[C@H]3c4ccccc4-c4cncn43)c(F)cc2o1. The highest BCUT2D eigenvalue weighted by Crippen LogP contribution is 2.43. The Labute approximate surface area is 154 Å². The number of aliphatic hydroxyl groups excluding tert-OH is 2. The Morgan fingerprint density at radius 3 is 2.93 bits per heavy atom. The number of hydrogen-bond donors (Lipinski definition) is 2. The largest absolute Gasteiger partial charge is 0.459 e. The van der Waals surface area contributed by atoms with Crippen LogP contribution in [0.5, 0.6) is 0 Å². The summed E-state index contributed by atoms with van der Waals surface area (Å²) in [5.74, 6) is -0.158. The summed E-state index contributed by atoms with van der Waals surface area (Å²) in [4.78, 5) is 4.21. The molecule has 2 aromatic carbocycles. The maximum absolute atomic E-state index is 14.6. The first-order valence-corrected chi connectivity index (χ1v) is 8.77. The van der Waals surface area contributed by atoms with Crippen LogP contribution in [0, 0.1) is 5.82 Å². The topological polar surface area (TPSA) is 71.4 Å². The van der Waals surface area contributed by atoms with Gasteiger partial charge in [0.2, 0.25) is 0 Å². The third-order valence-electron chi connectivity index (χ3n) is 5.25. The summed E-state index contributed by atoms with van der Waals surface area (Å²) in [5.41, 5.74) is 3.77. The van der Waals surface area contributed by atoms with E-state index < -0.39 is 11.9 Å². The Hall–Kier alpha value is -2.96. The second-order valence-electron chi connectivity index (χ2n) is 6.82. The standard InChI is InChI=1S/C21H17FN2O3/c22-17-7-21-12(5-13(10-25)27-21)6-16(17)20(26)8-18-14-3-1-2-4-15(14)19-9-23-11-24(18)19/h1-7,9,11,18,20,25-26H,8,10H2/t18-,20+/m0/s1. The van der Waals surface area contributed by atoms with E-state index in [1.807, 2.05) is 28.8 Å². The average molecular weight is 364 g/mol. The number of fused-ring (bicyclic) bond motifs is 4. The molecule has 0 saturated carbocycles. The lowest BCUT2D eigenvalue weighted by molar-refractivity contribution is 0.149. The Balaban J connectivity index is 1.51. The number of imidazole rings is 1. The number of aliphatic hydroxyl groups is 2. The van der Waals surface area contributed by atoms with E-state index in [9.17, 15) is 14.6 Å². The van der Waals surface area contributed by atoms with Crippen molar-refractivity contribution in [3.8, 4) is 11.3 Å². The minimum atomic E-state index is -0.992. The summed E-state index contributed by atoms with van der Waals surface area (Å²) in [6.45, 7) is -0.254. The van der Waals surface area contributed by atoms with Crippen LogP contribution in [-0.4, -0.2) is 19.8 Å². The van der Waals surface area contributed by atoms with Gasteiger partial charge >= 0.3 is 0 Å². The highest BCUT2D eigenvalue weighted by molar-refractivity contribution is 5.79. The molecule has 4 aromatic rings. The van der Waals surface area contributed by atoms with E-state index in [0.717, 1.165) is 16.8 Å². The number of benzene rings is 2. The maximum atomic E-state index is 14.6. The van der Waals surface area contributed by atoms with Crippen LogP contribution < -0.4 is 0 Å². The number of hydrogen-bond acceptors (Lipinski definition) is 4. The quantitative estimate of drug-likeness (QED) is 0.575. The molecule has 0 saturated heterocycles. The van der Waals surface area contributed by atoms with E-state index in [1.54, 1.807) is 24.7 Å². The number of furan rings is 1. The Kier molecular flexibility index (Phi) is 3.63. The van der Waals surface area contributed by atoms with Gasteiger partial charge in [-0.1, -0.05) is 24.3 Å². The summed E-state index contributed by atoms with van der Waals surface area (Å²) in [5, 5.41) is 20.7. The smallest absolute Gasteiger partial charge is 0.137 e. The van der Waals surface area contributed by atoms with Crippen LogP contribution in [0.2, 0.25) is 0 Å². The first-order valence-electron chi connectivity index (χ1n) is 8.77. The molecule has 0 spiro atoms. The normalized spacial score (nSPS) is 16.5. The summed E-state index contributed by atoms with van der Waals surface area (Å²) in [6, 6.07) is 12.4. The molecule has 2 atom stereocenters. The summed E-state index contributed by atoms with van der Waals surface area (Å²) in [6.07, 6.45) is 2.89. The maximum Gasteiger partial charge on any atom is 0.137 e. The van der Waals surface area contributed by atoms with Crippen molar-refractivity contribution in [1.82, 2.24) is 9.55 Å². The van der Waals surface area contributed by atoms with Gasteiger partial charge in [0.1, 0.15) is 23.8 Å². The van der Waals surface area contributed by atoms with E-state index in [4.69, 9.17) is 4.42 Å². The molecule has 27 heavy (non-hydrogen) atoms. The molecule has 1 aliphatic rings. The lowest BCUT2D eigenvalue weighted by Crippen LogP contribution is -2.11. The lowest BCUT2D eigenvalue weighted by atomic mass is 9.95. The van der Waals surface area contributed by atoms with Gasteiger partial charge in [-0.3, -0.25) is 0 Å². The van der Waals surface area contributed by atoms with Crippen LogP contribution in [0.3, 0.4) is 0 Å². The predicted octanol–water partition coefficient (Wildman–Crippen LogP) is 3.95. The summed E-state index contributed by atoms with van der Waals surface area (Å²) < 4.78 is 22.0. The van der Waals surface area contributed by atoms with E-state index in [-0.39, 0.29) is 18.2 Å². The van der Waals surface area contributed by atoms with Crippen molar-refractivity contribution in [2.75, 3.05) is 0 Å². The van der Waals surface area contributed by atoms with Crippen LogP contribution in [0.15, 0.2) is 59.4 Å². The zero-order valence-electron chi connectivity index (χ0n) is 14.3. The van der Waals surface area contributed by atoms with Crippen LogP contribution in [-0.2, 0) is 6.61 Å². The van der Waals surface area contributed by atoms with Crippen molar-refractivity contribution in [3.63, 3.8) is 0 Å². The Bertz CT molecular complexity index is 1150. The highest BCUT2D eigenvalue weighted by Gasteiger charge is 2.31. The van der Waals surface area contributed by atoms with Gasteiger partial charge in [-0.2, -0.15) is 0 Å². The fraction of sp³-hybridized carbons (Fsp3) is 0.190. The molecule has 2 aromatic heterocycles. The van der Waals surface area contributed by atoms with Gasteiger partial charge in [-0.25, -0.2) is 9.37 Å². The molecule has 0 radical (unpaired) electrons. The van der Waals surface area contributed by atoms with Gasteiger partial charge in [-0.15, -0.1) is 0 Å². The number of nitrogens with zero attached hydrogens (tertiary/aromatic N) is 2. The lowest BCUT2D eigenvalue weighted by Gasteiger charge is -2.19. The average Bonchev–Trinajstić information content (AvgIpc) is 3.36. The molecule has 5 nitrogen and oxygen atoms in total. The van der Waals surface area contributed by atoms with Crippen LogP contribution in [0.25, 0.3) is 22.2 Å². The van der Waals surface area contributed by atoms with Crippen molar-refractivity contribution < 1.29 is 19.0 Å². The van der Waals surface area contributed by atoms with E-state index in [0.29, 0.717) is 23.2 Å². The number of rotatable bonds is 4. The third kappa shape index (κ3) is 2.49. The zero-order valence-corrected chi connectivity index (χ0v) is 14.3. The summed E-state index contributed by atoms with van der Waals surface area (Å²) >= 11 is 0. The van der Waals surface area contributed by atoms with Gasteiger partial charge in [0, 0.05) is 29.0 Å². The predicted molar refractivity (Wildman–Crippen MR) is 97.5 cm³/mol. The minimum Gasteiger partial charge on any atom is -0.459 e. The van der Waals surface area contributed by atoms with Gasteiger partial charge in [0.15, 0.2) is 0 Å². The molecule has 5 rings (SSSR count). The minimum absolute atomic E-state index is 0.110. The Morgan fingerprint density at radius 1 is 1.22 bits per heavy atom. The third-order valence-corrected chi connectivity index (χ3v) is 5.25. The summed E-state index contributed by atoms with van der Waals surface area (Å²) in [7, 11) is 0. The molecule has 0 fully saturated rings. The molecule has 0 aliphatic carbocycles. The van der Waals surface area contributed by atoms with Gasteiger partial charge in [-0.05, 0) is 17.7 Å². The van der Waals surface area contributed by atoms with Crippen molar-refractivity contribution in [2.24, 2.45) is 0 Å². The molecular weight excluding hydrogens is 347 g/mol. The van der Waals surface area contributed by atoms with Crippen molar-refractivity contribution >= 4 is 11.0 Å². The van der Waals surface area contributed by atoms with E-state index >= 15 is 0 Å². The molecule has 2 N–H and O–H groups in total. The second kappa shape index (κ2) is 6.04. The van der Waals surface area contributed by atoms with Crippen LogP contribution in [0.1, 0.15) is 35.5 Å². The molecule has 0 amide bonds. The first-order chi connectivity index (χ1) is 13.2. The second-order valence-corrected chi connectivity index (χ2v) is 6.82. The molecule has 1 aliphatic heterocycles. The first kappa shape index (κ1) is 16.2. The molecular formula is C21H17FN2O3. The van der Waals surface area contributed by atoms with Crippen molar-refractivity contribution in [2.45, 2.75) is 25.2 Å². The van der Waals surface area contributed by atoms with Gasteiger partial charge < -0.3 is 19.2 Å². The van der Waals surface area contributed by atoms with E-state index in [2.05, 4.69) is 4.98 Å². The van der Waals surface area contributed by atoms with Crippen molar-refractivity contribution in [3.05, 3.63) is 77.7 Å². The van der Waals surface area contributed by atoms with Crippen LogP contribution in [0.4, 0.5) is 4.39 Å². The molecule has 136 valence electrons. The Morgan fingerprint density at radius 2 is 2.07 bits per heavy atom. The monoisotopic (exact) mass is 364 g/mol. The fourth-order valence-corrected chi connectivity index (χ4v) is 3.98. The molecule has 3 heterocycles. The van der Waals surface area contributed by atoms with E-state index in [1.165, 1.54) is 6.07 Å². The highest BCUT2D eigenvalue weighted by atomic mass is 19.1. The zero-order chi connectivity index (χ0) is 18.5. The van der Waals surface area contributed by atoms with Gasteiger partial charge in [0.25, 0.3) is 0 Å². The molecule has 0 unspecified atom stereocenters. The molecule has 6 heteroatoms. The van der Waals surface area contributed by atoms with Crippen molar-refractivity contribution in [1.29, 1.82) is 0 Å². The number of halogens is 1. The van der Waals surface area contributed by atoms with Crippen LogP contribution >= 0.6 is 0 Å². The molecule has 0 bridgehead atoms. The number of aromatic nitrogens is 2.